The van der Waals surface area contributed by atoms with Crippen LogP contribution in [-0.2, 0) is 11.2 Å². The highest BCUT2D eigenvalue weighted by molar-refractivity contribution is 7.08. The number of carbonyl (C=O) groups is 1. The van der Waals surface area contributed by atoms with Gasteiger partial charge < -0.3 is 19.9 Å². The smallest absolute Gasteiger partial charge is 0.254 e. The molecule has 0 radical (unpaired) electrons. The van der Waals surface area contributed by atoms with Gasteiger partial charge in [-0.1, -0.05) is 6.58 Å². The number of aryl methyl sites for hydroxylation is 1. The van der Waals surface area contributed by atoms with E-state index in [4.69, 9.17) is 4.74 Å². The number of anilines is 1. The minimum atomic E-state index is -0.273. The molecule has 1 amide bonds. The fraction of sp³-hybridized carbons (Fsp3) is 0.357. The molecule has 1 saturated heterocycles. The number of nitrogens with one attached hydrogen (secondary N) is 2. The van der Waals surface area contributed by atoms with Gasteiger partial charge in [-0.15, -0.1) is 0 Å². The summed E-state index contributed by atoms with van der Waals surface area (Å²) in [7, 11) is 3.76. The van der Waals surface area contributed by atoms with E-state index in [1.54, 1.807) is 18.4 Å². The van der Waals surface area contributed by atoms with Gasteiger partial charge in [0.1, 0.15) is 5.75 Å². The fourth-order valence-electron chi connectivity index (χ4n) is 5.27. The van der Waals surface area contributed by atoms with Gasteiger partial charge in [-0.05, 0) is 67.5 Å². The molecule has 7 nitrogen and oxygen atoms in total. The largest absolute Gasteiger partial charge is 0.496 e. The Labute approximate surface area is 216 Å². The maximum absolute atomic E-state index is 13.8. The standard InChI is InChI=1S/C28H33N5O2S/c1-18(27(34)33-12-11-29-17-28(33,2)3)21-7-6-19-14-25(35-5)23(24-8-10-30-31-24)15-22(19)26(21)32(4)20-9-13-36-16-20/h8-10,13-16,29H,1,6-7,11-12,17H2,2-5H3,(H,30,31). The van der Waals surface area contributed by atoms with Gasteiger partial charge in [0.05, 0.1) is 29.7 Å². The molecular weight excluding hydrogens is 470 g/mol. The summed E-state index contributed by atoms with van der Waals surface area (Å²) in [6.45, 7) is 10.8. The molecule has 1 aliphatic heterocycles. The van der Waals surface area contributed by atoms with Crippen molar-refractivity contribution in [3.63, 3.8) is 0 Å². The van der Waals surface area contributed by atoms with Crippen LogP contribution in [0, 0.1) is 0 Å². The highest BCUT2D eigenvalue weighted by Crippen LogP contribution is 2.43. The van der Waals surface area contributed by atoms with Crippen LogP contribution in [0.3, 0.4) is 0 Å². The minimum absolute atomic E-state index is 0.0113. The van der Waals surface area contributed by atoms with Gasteiger partial charge in [-0.3, -0.25) is 9.89 Å². The van der Waals surface area contributed by atoms with Crippen LogP contribution in [0.25, 0.3) is 17.0 Å². The number of hydrogen-bond donors (Lipinski definition) is 2. The first-order chi connectivity index (χ1) is 17.3. The van der Waals surface area contributed by atoms with Crippen LogP contribution in [0.5, 0.6) is 5.75 Å². The van der Waals surface area contributed by atoms with Crippen LogP contribution < -0.4 is 15.0 Å². The number of rotatable bonds is 6. The lowest BCUT2D eigenvalue weighted by molar-refractivity contribution is -0.133. The van der Waals surface area contributed by atoms with Gasteiger partial charge in [0.15, 0.2) is 0 Å². The summed E-state index contributed by atoms with van der Waals surface area (Å²) in [5.41, 5.74) is 7.39. The molecule has 36 heavy (non-hydrogen) atoms. The van der Waals surface area contributed by atoms with Crippen molar-refractivity contribution in [2.24, 2.45) is 0 Å². The van der Waals surface area contributed by atoms with E-state index in [2.05, 4.69) is 76.8 Å². The van der Waals surface area contributed by atoms with Gasteiger partial charge in [0.2, 0.25) is 0 Å². The Hall–Kier alpha value is -3.36. The first kappa shape index (κ1) is 24.3. The number of piperazine rings is 1. The van der Waals surface area contributed by atoms with Crippen LogP contribution >= 0.6 is 11.3 Å². The van der Waals surface area contributed by atoms with Gasteiger partial charge in [-0.25, -0.2) is 0 Å². The molecule has 1 fully saturated rings. The molecule has 0 spiro atoms. The van der Waals surface area contributed by atoms with Crippen LogP contribution in [0.4, 0.5) is 5.69 Å². The topological polar surface area (TPSA) is 73.5 Å². The second-order valence-corrected chi connectivity index (χ2v) is 10.7. The number of aromatic amines is 1. The highest BCUT2D eigenvalue weighted by Gasteiger charge is 2.36. The highest BCUT2D eigenvalue weighted by atomic mass is 32.1. The van der Waals surface area contributed by atoms with E-state index in [-0.39, 0.29) is 11.4 Å². The molecule has 0 bridgehead atoms. The lowest BCUT2D eigenvalue weighted by Crippen LogP contribution is -2.60. The lowest BCUT2D eigenvalue weighted by Gasteiger charge is -2.43. The van der Waals surface area contributed by atoms with Crippen molar-refractivity contribution in [1.29, 1.82) is 0 Å². The van der Waals surface area contributed by atoms with E-state index in [1.165, 1.54) is 5.56 Å². The van der Waals surface area contributed by atoms with Gasteiger partial charge in [-0.2, -0.15) is 16.4 Å². The predicted molar refractivity (Wildman–Crippen MR) is 146 cm³/mol. The van der Waals surface area contributed by atoms with Crippen molar-refractivity contribution < 1.29 is 9.53 Å². The third-order valence-corrected chi connectivity index (χ3v) is 7.96. The summed E-state index contributed by atoms with van der Waals surface area (Å²) < 4.78 is 5.75. The minimum Gasteiger partial charge on any atom is -0.496 e. The molecule has 1 aliphatic carbocycles. The van der Waals surface area contributed by atoms with Crippen LogP contribution in [0.15, 0.2) is 58.9 Å². The maximum atomic E-state index is 13.8. The molecule has 0 unspecified atom stereocenters. The van der Waals surface area contributed by atoms with Crippen LogP contribution in [-0.4, -0.2) is 60.3 Å². The molecule has 0 saturated carbocycles. The SMILES string of the molecule is C=C(C(=O)N1CCNCC1(C)C)C1=C(N(C)c2ccsc2)c2cc(-c3cc[nH]n3)c(OC)cc2CC1. The Bertz CT molecular complexity index is 1310. The monoisotopic (exact) mass is 503 g/mol. The molecule has 0 atom stereocenters. The average Bonchev–Trinajstić information content (AvgIpc) is 3.60. The van der Waals surface area contributed by atoms with E-state index in [1.807, 2.05) is 17.2 Å². The van der Waals surface area contributed by atoms with Gasteiger partial charge in [0.25, 0.3) is 5.91 Å². The zero-order chi connectivity index (χ0) is 25.4. The van der Waals surface area contributed by atoms with Crippen molar-refractivity contribution in [3.05, 3.63) is 70.1 Å². The number of thiophene rings is 1. The predicted octanol–water partition coefficient (Wildman–Crippen LogP) is 4.71. The van der Waals surface area contributed by atoms with Crippen molar-refractivity contribution in [2.45, 2.75) is 32.2 Å². The van der Waals surface area contributed by atoms with Crippen LogP contribution in [0.2, 0.25) is 0 Å². The number of benzene rings is 1. The molecule has 188 valence electrons. The van der Waals surface area contributed by atoms with Crippen molar-refractivity contribution in [1.82, 2.24) is 20.4 Å². The Balaban J connectivity index is 1.66. The quantitative estimate of drug-likeness (QED) is 0.477. The summed E-state index contributed by atoms with van der Waals surface area (Å²) >= 11 is 1.66. The maximum Gasteiger partial charge on any atom is 0.254 e. The molecule has 8 heteroatoms. The van der Waals surface area contributed by atoms with E-state index in [0.29, 0.717) is 12.1 Å². The third-order valence-electron chi connectivity index (χ3n) is 7.28. The second kappa shape index (κ2) is 9.59. The number of nitrogens with zero attached hydrogens (tertiary/aromatic N) is 3. The van der Waals surface area contributed by atoms with Gasteiger partial charge in [0, 0.05) is 55.0 Å². The molecule has 2 aliphatic rings. The lowest BCUT2D eigenvalue weighted by atomic mass is 9.83. The summed E-state index contributed by atoms with van der Waals surface area (Å²) in [6.07, 6.45) is 3.35. The number of aromatic nitrogens is 2. The number of hydrogen-bond acceptors (Lipinski definition) is 6. The summed E-state index contributed by atoms with van der Waals surface area (Å²) in [5.74, 6) is 0.802. The van der Waals surface area contributed by atoms with E-state index in [0.717, 1.165) is 65.5 Å². The molecule has 1 aromatic carbocycles. The number of ether oxygens (including phenoxy) is 1. The fourth-order valence-corrected chi connectivity index (χ4v) is 5.95. The van der Waals surface area contributed by atoms with Crippen molar-refractivity contribution >= 4 is 28.6 Å². The number of amides is 1. The number of H-pyrrole nitrogens is 1. The number of carbonyl (C=O) groups excluding carboxylic acids is 1. The Morgan fingerprint density at radius 3 is 2.75 bits per heavy atom. The van der Waals surface area contributed by atoms with Crippen molar-refractivity contribution in [3.8, 4) is 17.0 Å². The third kappa shape index (κ3) is 4.24. The number of methoxy groups -OCH3 is 1. The Morgan fingerprint density at radius 1 is 1.25 bits per heavy atom. The van der Waals surface area contributed by atoms with Crippen molar-refractivity contribution in [2.75, 3.05) is 38.7 Å². The summed E-state index contributed by atoms with van der Waals surface area (Å²) in [6, 6.07) is 8.30. The molecule has 3 aromatic rings. The summed E-state index contributed by atoms with van der Waals surface area (Å²) in [4.78, 5) is 18.0. The normalized spacial score (nSPS) is 17.1. The molecule has 2 N–H and O–H groups in total. The average molecular weight is 504 g/mol. The van der Waals surface area contributed by atoms with Crippen LogP contribution in [0.1, 0.15) is 31.4 Å². The first-order valence-electron chi connectivity index (χ1n) is 12.2. The Morgan fingerprint density at radius 2 is 2.08 bits per heavy atom. The van der Waals surface area contributed by atoms with E-state index < -0.39 is 0 Å². The molecular formula is C28H33N5O2S. The molecule has 5 rings (SSSR count). The first-order valence-corrected chi connectivity index (χ1v) is 13.2. The van der Waals surface area contributed by atoms with E-state index in [9.17, 15) is 4.79 Å². The molecule has 3 heterocycles. The second-order valence-electron chi connectivity index (χ2n) is 9.96. The Kier molecular flexibility index (Phi) is 6.49. The van der Waals surface area contributed by atoms with Gasteiger partial charge >= 0.3 is 0 Å². The summed E-state index contributed by atoms with van der Waals surface area (Å²) in [5, 5.41) is 14.9. The zero-order valence-electron chi connectivity index (χ0n) is 21.4. The number of fused-ring (bicyclic) bond motifs is 1. The molecule has 2 aromatic heterocycles. The van der Waals surface area contributed by atoms with E-state index >= 15 is 0 Å². The zero-order valence-corrected chi connectivity index (χ0v) is 22.2.